The monoisotopic (exact) mass is 409 g/mol. The van der Waals surface area contributed by atoms with Crippen LogP contribution in [-0.4, -0.2) is 22.7 Å². The quantitative estimate of drug-likeness (QED) is 0.455. The highest BCUT2D eigenvalue weighted by atomic mass is 35.5. The van der Waals surface area contributed by atoms with Crippen LogP contribution in [-0.2, 0) is 10.5 Å². The van der Waals surface area contributed by atoms with Gasteiger partial charge in [-0.2, -0.15) is 0 Å². The third-order valence-electron chi connectivity index (χ3n) is 3.15. The lowest BCUT2D eigenvalue weighted by Gasteiger charge is -2.05. The van der Waals surface area contributed by atoms with Gasteiger partial charge in [-0.1, -0.05) is 52.9 Å². The summed E-state index contributed by atoms with van der Waals surface area (Å²) in [4.78, 5) is 11.9. The molecule has 3 rings (SSSR count). The fourth-order valence-electron chi connectivity index (χ4n) is 1.91. The molecular formula is C17H13ClFN3O2S2. The molecule has 0 unspecified atom stereocenters. The number of aromatic nitrogens is 2. The minimum atomic E-state index is -0.367. The SMILES string of the molecule is O=C(COc1ccc(F)cc1)Nc1nnc(SCc2ccccc2Cl)s1. The van der Waals surface area contributed by atoms with Crippen molar-refractivity contribution in [2.24, 2.45) is 0 Å². The number of rotatable bonds is 7. The van der Waals surface area contributed by atoms with Gasteiger partial charge in [0.15, 0.2) is 10.9 Å². The number of thioether (sulfide) groups is 1. The van der Waals surface area contributed by atoms with E-state index >= 15 is 0 Å². The molecule has 0 bridgehead atoms. The number of benzene rings is 2. The Morgan fingerprint density at radius 1 is 1.19 bits per heavy atom. The molecule has 0 radical (unpaired) electrons. The van der Waals surface area contributed by atoms with Gasteiger partial charge in [0.2, 0.25) is 5.13 Å². The Balaban J connectivity index is 1.47. The zero-order valence-corrected chi connectivity index (χ0v) is 15.7. The Kier molecular flexibility index (Phi) is 6.43. The van der Waals surface area contributed by atoms with Crippen molar-refractivity contribution >= 4 is 45.7 Å². The summed E-state index contributed by atoms with van der Waals surface area (Å²) in [6.45, 7) is -0.201. The molecule has 1 heterocycles. The molecule has 2 aromatic carbocycles. The van der Waals surface area contributed by atoms with E-state index in [9.17, 15) is 9.18 Å². The average molecular weight is 410 g/mol. The van der Waals surface area contributed by atoms with Gasteiger partial charge in [0, 0.05) is 10.8 Å². The van der Waals surface area contributed by atoms with E-state index in [0.29, 0.717) is 21.7 Å². The first-order valence-electron chi connectivity index (χ1n) is 7.48. The molecule has 5 nitrogen and oxygen atoms in total. The normalized spacial score (nSPS) is 10.5. The lowest BCUT2D eigenvalue weighted by Crippen LogP contribution is -2.20. The van der Waals surface area contributed by atoms with Crippen molar-refractivity contribution in [3.8, 4) is 5.75 Å². The number of ether oxygens (including phenoxy) is 1. The third-order valence-corrected chi connectivity index (χ3v) is 5.53. The number of carbonyl (C=O) groups is 1. The van der Waals surface area contributed by atoms with Gasteiger partial charge in [0.05, 0.1) is 0 Å². The molecule has 1 amide bonds. The average Bonchev–Trinajstić information content (AvgIpc) is 3.08. The van der Waals surface area contributed by atoms with Gasteiger partial charge in [-0.05, 0) is 35.9 Å². The standard InChI is InChI=1S/C17H13ClFN3O2S2/c18-14-4-2-1-3-11(14)10-25-17-22-21-16(26-17)20-15(23)9-24-13-7-5-12(19)6-8-13/h1-8H,9-10H2,(H,20,21,23). The molecule has 0 saturated heterocycles. The largest absolute Gasteiger partial charge is 0.484 e. The number of hydrogen-bond acceptors (Lipinski definition) is 6. The topological polar surface area (TPSA) is 64.1 Å². The smallest absolute Gasteiger partial charge is 0.264 e. The van der Waals surface area contributed by atoms with Gasteiger partial charge in [0.25, 0.3) is 5.91 Å². The number of nitrogens with one attached hydrogen (secondary N) is 1. The van der Waals surface area contributed by atoms with Crippen molar-refractivity contribution < 1.29 is 13.9 Å². The lowest BCUT2D eigenvalue weighted by atomic mass is 10.2. The van der Waals surface area contributed by atoms with E-state index in [4.69, 9.17) is 16.3 Å². The number of hydrogen-bond donors (Lipinski definition) is 1. The molecule has 0 fully saturated rings. The number of amides is 1. The van der Waals surface area contributed by atoms with E-state index in [1.165, 1.54) is 47.4 Å². The highest BCUT2D eigenvalue weighted by molar-refractivity contribution is 8.00. The van der Waals surface area contributed by atoms with Gasteiger partial charge in [-0.3, -0.25) is 10.1 Å². The second kappa shape index (κ2) is 8.98. The molecule has 0 saturated carbocycles. The molecule has 1 aromatic heterocycles. The van der Waals surface area contributed by atoms with Crippen molar-refractivity contribution in [2.45, 2.75) is 10.1 Å². The van der Waals surface area contributed by atoms with Gasteiger partial charge >= 0.3 is 0 Å². The van der Waals surface area contributed by atoms with Crippen LogP contribution in [0.4, 0.5) is 9.52 Å². The minimum Gasteiger partial charge on any atom is -0.484 e. The molecule has 134 valence electrons. The molecule has 1 N–H and O–H groups in total. The van der Waals surface area contributed by atoms with E-state index in [2.05, 4.69) is 15.5 Å². The second-order valence-electron chi connectivity index (χ2n) is 5.04. The Morgan fingerprint density at radius 2 is 1.96 bits per heavy atom. The fourth-order valence-corrected chi connectivity index (χ4v) is 3.96. The second-order valence-corrected chi connectivity index (χ2v) is 7.65. The van der Waals surface area contributed by atoms with Crippen molar-refractivity contribution in [3.63, 3.8) is 0 Å². The summed E-state index contributed by atoms with van der Waals surface area (Å²) in [7, 11) is 0. The first-order valence-corrected chi connectivity index (χ1v) is 9.66. The van der Waals surface area contributed by atoms with Gasteiger partial charge < -0.3 is 4.74 Å². The molecule has 9 heteroatoms. The van der Waals surface area contributed by atoms with Gasteiger partial charge in [-0.25, -0.2) is 4.39 Å². The zero-order chi connectivity index (χ0) is 18.4. The van der Waals surface area contributed by atoms with Crippen LogP contribution in [0.3, 0.4) is 0 Å². The van der Waals surface area contributed by atoms with Crippen molar-refractivity contribution in [2.75, 3.05) is 11.9 Å². The maximum atomic E-state index is 12.8. The van der Waals surface area contributed by atoms with Crippen LogP contribution in [0.1, 0.15) is 5.56 Å². The Bertz CT molecular complexity index is 890. The number of carbonyl (C=O) groups excluding carboxylic acids is 1. The van der Waals surface area contributed by atoms with Crippen LogP contribution in [0.25, 0.3) is 0 Å². The maximum absolute atomic E-state index is 12.8. The summed E-state index contributed by atoms with van der Waals surface area (Å²) < 4.78 is 18.8. The fraction of sp³-hybridized carbons (Fsp3) is 0.118. The molecule has 0 aliphatic rings. The third kappa shape index (κ3) is 5.42. The number of halogens is 2. The van der Waals surface area contributed by atoms with Gasteiger partial charge in [-0.15, -0.1) is 10.2 Å². The van der Waals surface area contributed by atoms with Crippen molar-refractivity contribution in [1.29, 1.82) is 0 Å². The Labute approximate surface area is 162 Å². The lowest BCUT2D eigenvalue weighted by molar-refractivity contribution is -0.118. The number of anilines is 1. The maximum Gasteiger partial charge on any atom is 0.264 e. The summed E-state index contributed by atoms with van der Waals surface area (Å²) in [5.74, 6) is 0.344. The summed E-state index contributed by atoms with van der Waals surface area (Å²) in [6, 6.07) is 13.0. The van der Waals surface area contributed by atoms with Gasteiger partial charge in [0.1, 0.15) is 11.6 Å². The van der Waals surface area contributed by atoms with E-state index in [1.54, 1.807) is 0 Å². The molecule has 3 aromatic rings. The van der Waals surface area contributed by atoms with E-state index in [-0.39, 0.29) is 18.3 Å². The van der Waals surface area contributed by atoms with E-state index in [0.717, 1.165) is 9.90 Å². The summed E-state index contributed by atoms with van der Waals surface area (Å²) >= 11 is 8.88. The molecular weight excluding hydrogens is 397 g/mol. The Morgan fingerprint density at radius 3 is 2.73 bits per heavy atom. The van der Waals surface area contributed by atoms with Crippen LogP contribution >= 0.6 is 34.7 Å². The highest BCUT2D eigenvalue weighted by Crippen LogP contribution is 2.30. The van der Waals surface area contributed by atoms with Crippen LogP contribution in [0.5, 0.6) is 5.75 Å². The minimum absolute atomic E-state index is 0.201. The van der Waals surface area contributed by atoms with Crippen LogP contribution < -0.4 is 10.1 Å². The molecule has 26 heavy (non-hydrogen) atoms. The predicted octanol–water partition coefficient (Wildman–Crippen LogP) is 4.64. The first kappa shape index (κ1) is 18.6. The summed E-state index contributed by atoms with van der Waals surface area (Å²) in [5, 5.41) is 11.7. The first-order chi connectivity index (χ1) is 12.6. The molecule has 0 aliphatic heterocycles. The van der Waals surface area contributed by atoms with Crippen LogP contribution in [0.2, 0.25) is 5.02 Å². The molecule has 0 atom stereocenters. The summed E-state index contributed by atoms with van der Waals surface area (Å²) in [6.07, 6.45) is 0. The number of nitrogens with zero attached hydrogens (tertiary/aromatic N) is 2. The predicted molar refractivity (Wildman–Crippen MR) is 101 cm³/mol. The van der Waals surface area contributed by atoms with Crippen LogP contribution in [0.15, 0.2) is 52.9 Å². The molecule has 0 aliphatic carbocycles. The zero-order valence-electron chi connectivity index (χ0n) is 13.3. The Hall–Kier alpha value is -2.16. The van der Waals surface area contributed by atoms with Crippen molar-refractivity contribution in [1.82, 2.24) is 10.2 Å². The highest BCUT2D eigenvalue weighted by Gasteiger charge is 2.10. The van der Waals surface area contributed by atoms with E-state index < -0.39 is 0 Å². The van der Waals surface area contributed by atoms with Crippen LogP contribution in [0, 0.1) is 5.82 Å². The van der Waals surface area contributed by atoms with E-state index in [1.807, 2.05) is 24.3 Å². The summed E-state index contributed by atoms with van der Waals surface area (Å²) in [5.41, 5.74) is 1.01. The van der Waals surface area contributed by atoms with Crippen molar-refractivity contribution in [3.05, 3.63) is 64.9 Å². The molecule has 0 spiro atoms.